The molecule has 0 bridgehead atoms. The summed E-state index contributed by atoms with van der Waals surface area (Å²) >= 11 is 0. The molecule has 0 atom stereocenters. The van der Waals surface area contributed by atoms with Gasteiger partial charge >= 0.3 is 6.09 Å². The quantitative estimate of drug-likeness (QED) is 0.329. The molecule has 3 aromatic rings. The van der Waals surface area contributed by atoms with Gasteiger partial charge in [0.2, 0.25) is 17.6 Å². The number of likely N-dealkylation sites (N-methyl/N-ethyl adjacent to an activating group) is 2. The summed E-state index contributed by atoms with van der Waals surface area (Å²) in [6.45, 7) is 14.8. The van der Waals surface area contributed by atoms with Gasteiger partial charge in [-0.1, -0.05) is 41.1 Å². The third kappa shape index (κ3) is 8.81. The van der Waals surface area contributed by atoms with E-state index in [4.69, 9.17) is 9.26 Å². The predicted molar refractivity (Wildman–Crippen MR) is 171 cm³/mol. The van der Waals surface area contributed by atoms with Crippen LogP contribution in [0.15, 0.2) is 40.9 Å². The Kier molecular flexibility index (Phi) is 10.5. The van der Waals surface area contributed by atoms with Gasteiger partial charge in [0, 0.05) is 57.9 Å². The van der Waals surface area contributed by atoms with E-state index in [9.17, 15) is 14.4 Å². The number of nitrogens with zero attached hydrogens (tertiary/aromatic N) is 6. The Balaban J connectivity index is 1.47. The van der Waals surface area contributed by atoms with Crippen LogP contribution < -0.4 is 5.32 Å². The Morgan fingerprint density at radius 2 is 1.69 bits per heavy atom. The number of hydrogen-bond donors (Lipinski definition) is 1. The SMILES string of the molecule is CCN(CCN(CC(=O)N(C)N1Cc2ccc(C)cc2C1)C(=O)CNc1cc(-c2noc(C)n2)ccc1C)C(=O)OC(C)(C)C. The predicted octanol–water partition coefficient (Wildman–Crippen LogP) is 4.55. The Morgan fingerprint density at radius 1 is 0.978 bits per heavy atom. The van der Waals surface area contributed by atoms with Crippen molar-refractivity contribution in [1.82, 2.24) is 30.0 Å². The third-order valence-electron chi connectivity index (χ3n) is 7.66. The van der Waals surface area contributed by atoms with Crippen molar-refractivity contribution in [2.45, 2.75) is 67.2 Å². The summed E-state index contributed by atoms with van der Waals surface area (Å²) < 4.78 is 10.7. The highest BCUT2D eigenvalue weighted by Crippen LogP contribution is 2.25. The molecule has 1 aliphatic heterocycles. The lowest BCUT2D eigenvalue weighted by Gasteiger charge is -2.32. The first-order chi connectivity index (χ1) is 21.2. The molecule has 1 N–H and O–H groups in total. The number of aromatic nitrogens is 2. The van der Waals surface area contributed by atoms with Crippen molar-refractivity contribution in [3.05, 3.63) is 64.5 Å². The molecular formula is C33H45N7O5. The molecule has 12 nitrogen and oxygen atoms in total. The van der Waals surface area contributed by atoms with Gasteiger partial charge in [0.1, 0.15) is 12.1 Å². The molecule has 0 unspecified atom stereocenters. The monoisotopic (exact) mass is 619 g/mol. The first-order valence-electron chi connectivity index (χ1n) is 15.2. The van der Waals surface area contributed by atoms with E-state index < -0.39 is 11.7 Å². The summed E-state index contributed by atoms with van der Waals surface area (Å²) in [6, 6.07) is 12.0. The summed E-state index contributed by atoms with van der Waals surface area (Å²) in [5.41, 5.74) is 5.31. The first-order valence-corrected chi connectivity index (χ1v) is 15.2. The van der Waals surface area contributed by atoms with E-state index in [0.29, 0.717) is 31.3 Å². The van der Waals surface area contributed by atoms with Gasteiger partial charge in [-0.25, -0.2) is 9.80 Å². The van der Waals surface area contributed by atoms with E-state index in [2.05, 4.69) is 40.6 Å². The van der Waals surface area contributed by atoms with Gasteiger partial charge < -0.3 is 24.4 Å². The molecule has 1 aromatic heterocycles. The summed E-state index contributed by atoms with van der Waals surface area (Å²) in [7, 11) is 1.73. The lowest BCUT2D eigenvalue weighted by atomic mass is 10.1. The van der Waals surface area contributed by atoms with Gasteiger partial charge in [-0.2, -0.15) is 4.98 Å². The van der Waals surface area contributed by atoms with Crippen molar-refractivity contribution in [1.29, 1.82) is 0 Å². The molecule has 45 heavy (non-hydrogen) atoms. The Bertz CT molecular complexity index is 1530. The lowest BCUT2D eigenvalue weighted by molar-refractivity contribution is -0.151. The molecule has 2 heterocycles. The maximum atomic E-state index is 13.7. The number of anilines is 1. The second kappa shape index (κ2) is 14.1. The van der Waals surface area contributed by atoms with Crippen LogP contribution in [0.3, 0.4) is 0 Å². The van der Waals surface area contributed by atoms with E-state index in [-0.39, 0.29) is 38.0 Å². The number of amides is 3. The number of carbonyl (C=O) groups is 3. The molecule has 0 fully saturated rings. The number of hydrazine groups is 1. The van der Waals surface area contributed by atoms with E-state index in [1.54, 1.807) is 19.0 Å². The average Bonchev–Trinajstić information content (AvgIpc) is 3.60. The normalized spacial score (nSPS) is 12.9. The van der Waals surface area contributed by atoms with E-state index in [1.165, 1.54) is 26.5 Å². The van der Waals surface area contributed by atoms with Crippen molar-refractivity contribution in [3.63, 3.8) is 0 Å². The van der Waals surface area contributed by atoms with Gasteiger partial charge in [-0.15, -0.1) is 0 Å². The molecule has 0 spiro atoms. The Morgan fingerprint density at radius 3 is 2.36 bits per heavy atom. The zero-order valence-corrected chi connectivity index (χ0v) is 27.6. The minimum atomic E-state index is -0.652. The van der Waals surface area contributed by atoms with Crippen molar-refractivity contribution in [2.75, 3.05) is 45.1 Å². The van der Waals surface area contributed by atoms with Crippen LogP contribution in [0, 0.1) is 20.8 Å². The molecule has 242 valence electrons. The van der Waals surface area contributed by atoms with Gasteiger partial charge in [-0.05, 0) is 64.3 Å². The van der Waals surface area contributed by atoms with Gasteiger partial charge in [-0.3, -0.25) is 14.6 Å². The van der Waals surface area contributed by atoms with Crippen LogP contribution in [0.4, 0.5) is 10.5 Å². The molecule has 4 rings (SSSR count). The number of ether oxygens (including phenoxy) is 1. The standard InChI is InChI=1S/C33H45N7O5/c1-9-38(32(43)44-33(5,6)7)14-15-39(21-30(42)37(8)40-19-26-12-10-22(2)16-27(26)20-40)29(41)18-34-28-17-25(13-11-23(28)3)31-35-24(4)45-36-31/h10-13,16-17,34H,9,14-15,18-21H2,1-8H3. The number of hydrogen-bond acceptors (Lipinski definition) is 9. The molecule has 0 aliphatic carbocycles. The van der Waals surface area contributed by atoms with E-state index in [0.717, 1.165) is 16.8 Å². The maximum absolute atomic E-state index is 13.7. The molecule has 2 aromatic carbocycles. The van der Waals surface area contributed by atoms with Crippen molar-refractivity contribution in [2.24, 2.45) is 0 Å². The molecule has 3 amide bonds. The van der Waals surface area contributed by atoms with Crippen LogP contribution in [0.2, 0.25) is 0 Å². The number of fused-ring (bicyclic) bond motifs is 1. The van der Waals surface area contributed by atoms with Crippen molar-refractivity contribution < 1.29 is 23.6 Å². The number of benzene rings is 2. The molecule has 12 heteroatoms. The lowest BCUT2D eigenvalue weighted by Crippen LogP contribution is -2.50. The summed E-state index contributed by atoms with van der Waals surface area (Å²) in [6.07, 6.45) is -0.465. The Hall–Kier alpha value is -4.45. The number of nitrogens with one attached hydrogen (secondary N) is 1. The van der Waals surface area contributed by atoms with Gasteiger partial charge in [0.05, 0.1) is 6.54 Å². The second-order valence-corrected chi connectivity index (χ2v) is 12.4. The largest absolute Gasteiger partial charge is 0.444 e. The topological polar surface area (TPSA) is 124 Å². The molecule has 0 saturated heterocycles. The fourth-order valence-corrected chi connectivity index (χ4v) is 5.03. The van der Waals surface area contributed by atoms with E-state index in [1.807, 2.05) is 57.8 Å². The summed E-state index contributed by atoms with van der Waals surface area (Å²) in [5, 5.41) is 10.8. The number of carbonyl (C=O) groups excluding carboxylic acids is 3. The number of aryl methyl sites for hydroxylation is 3. The van der Waals surface area contributed by atoms with Crippen LogP contribution in [-0.2, 0) is 27.4 Å². The second-order valence-electron chi connectivity index (χ2n) is 12.4. The fraction of sp³-hybridized carbons (Fsp3) is 0.485. The van der Waals surface area contributed by atoms with Crippen LogP contribution in [-0.4, -0.2) is 93.2 Å². The zero-order chi connectivity index (χ0) is 32.9. The van der Waals surface area contributed by atoms with Crippen molar-refractivity contribution in [3.8, 4) is 11.4 Å². The van der Waals surface area contributed by atoms with Gasteiger partial charge in [0.25, 0.3) is 5.91 Å². The van der Waals surface area contributed by atoms with E-state index >= 15 is 0 Å². The molecular weight excluding hydrogens is 574 g/mol. The van der Waals surface area contributed by atoms with Crippen LogP contribution >= 0.6 is 0 Å². The summed E-state index contributed by atoms with van der Waals surface area (Å²) in [4.78, 5) is 47.4. The van der Waals surface area contributed by atoms with Crippen molar-refractivity contribution >= 4 is 23.6 Å². The molecule has 0 radical (unpaired) electrons. The van der Waals surface area contributed by atoms with Gasteiger partial charge in [0.15, 0.2) is 0 Å². The third-order valence-corrected chi connectivity index (χ3v) is 7.66. The highest BCUT2D eigenvalue weighted by molar-refractivity contribution is 5.87. The maximum Gasteiger partial charge on any atom is 0.410 e. The van der Waals surface area contributed by atoms with Crippen LogP contribution in [0.1, 0.15) is 55.8 Å². The first kappa shape index (κ1) is 33.4. The van der Waals surface area contributed by atoms with Crippen LogP contribution in [0.5, 0.6) is 0 Å². The highest BCUT2D eigenvalue weighted by atomic mass is 16.6. The smallest absolute Gasteiger partial charge is 0.410 e. The highest BCUT2D eigenvalue weighted by Gasteiger charge is 2.28. The van der Waals surface area contributed by atoms with Crippen LogP contribution in [0.25, 0.3) is 11.4 Å². The average molecular weight is 620 g/mol. The minimum absolute atomic E-state index is 0.0560. The zero-order valence-electron chi connectivity index (χ0n) is 27.6. The molecule has 0 saturated carbocycles. The minimum Gasteiger partial charge on any atom is -0.444 e. The fourth-order valence-electron chi connectivity index (χ4n) is 5.03. The molecule has 1 aliphatic rings. The number of rotatable bonds is 11. The Labute approximate surface area is 265 Å². The summed E-state index contributed by atoms with van der Waals surface area (Å²) in [5.74, 6) is 0.413.